The zero-order valence-electron chi connectivity index (χ0n) is 10.4. The molecule has 1 nitrogen and oxygen atoms in total. The predicted molar refractivity (Wildman–Crippen MR) is 40.7 cm³/mol. The zero-order valence-corrected chi connectivity index (χ0v) is 5.95. The van der Waals surface area contributed by atoms with Crippen LogP contribution in [-0.2, 0) is 0 Å². The Morgan fingerprint density at radius 1 is 1.78 bits per heavy atom. The average Bonchev–Trinajstić information content (AvgIpc) is 2.07. The van der Waals surface area contributed by atoms with E-state index in [1.165, 1.54) is 0 Å². The Morgan fingerprint density at radius 3 is 3.44 bits per heavy atom. The van der Waals surface area contributed by atoms with E-state index in [1.54, 1.807) is 0 Å². The van der Waals surface area contributed by atoms with Gasteiger partial charge in [0.1, 0.15) is 5.75 Å². The molecule has 48 valence electrons. The Kier molecular flexibility index (Phi) is 0.726. The summed E-state index contributed by atoms with van der Waals surface area (Å²) < 4.78 is 47.5. The molecule has 9 heavy (non-hydrogen) atoms. The van der Waals surface area contributed by atoms with Crippen molar-refractivity contribution in [3.05, 3.63) is 28.7 Å². The number of hydrogen-bond donors (Lipinski definition) is 0. The molecule has 0 amide bonds. The monoisotopic (exact) mass is 192 g/mol. The van der Waals surface area contributed by atoms with Gasteiger partial charge in [0.2, 0.25) is 0 Å². The van der Waals surface area contributed by atoms with Gasteiger partial charge in [-0.25, -0.2) is 0 Å². The van der Waals surface area contributed by atoms with Crippen molar-refractivity contribution in [2.75, 3.05) is 7.04 Å². The largest absolute Gasteiger partial charge is 0.497 e. The van der Waals surface area contributed by atoms with Crippen LogP contribution in [0.2, 0.25) is 0 Å². The second kappa shape index (κ2) is 2.87. The molecule has 0 fully saturated rings. The molecule has 0 saturated heterocycles. The van der Waals surface area contributed by atoms with E-state index in [0.717, 1.165) is 6.07 Å². The molecule has 0 spiro atoms. The van der Waals surface area contributed by atoms with Crippen molar-refractivity contribution in [1.29, 1.82) is 0 Å². The molecule has 0 N–H and O–H groups in total. The van der Waals surface area contributed by atoms with Crippen LogP contribution in [0.3, 0.4) is 0 Å². The van der Waals surface area contributed by atoms with Gasteiger partial charge in [0.25, 0.3) is 0 Å². The molecule has 0 aliphatic carbocycles. The van der Waals surface area contributed by atoms with Crippen molar-refractivity contribution in [3.63, 3.8) is 0 Å². The minimum Gasteiger partial charge on any atom is -0.497 e. The third-order valence-corrected chi connectivity index (χ3v) is 1.15. The highest BCUT2D eigenvalue weighted by Gasteiger charge is 1.88. The third kappa shape index (κ3) is 1.72. The van der Waals surface area contributed by atoms with Crippen LogP contribution in [0.5, 0.6) is 5.75 Å². The first-order valence-corrected chi connectivity index (χ1v) is 2.97. The van der Waals surface area contributed by atoms with Crippen LogP contribution in [0.15, 0.2) is 28.7 Å². The molecule has 1 aromatic carbocycles. The number of halogens is 1. The van der Waals surface area contributed by atoms with Crippen LogP contribution < -0.4 is 4.74 Å². The van der Waals surface area contributed by atoms with Gasteiger partial charge in [-0.1, -0.05) is 22.0 Å². The maximum absolute atomic E-state index is 7.50. The highest BCUT2D eigenvalue weighted by atomic mass is 79.9. The van der Waals surface area contributed by atoms with Crippen LogP contribution in [0.25, 0.3) is 0 Å². The maximum atomic E-state index is 7.50. The van der Waals surface area contributed by atoms with Gasteiger partial charge >= 0.3 is 0 Å². The van der Waals surface area contributed by atoms with E-state index >= 15 is 0 Å². The fourth-order valence-corrected chi connectivity index (χ4v) is 0.686. The zero-order chi connectivity index (χ0) is 11.8. The van der Waals surface area contributed by atoms with Gasteiger partial charge in [0.15, 0.2) is 0 Å². The fraction of sp³-hybridized carbons (Fsp3) is 0.143. The smallest absolute Gasteiger partial charge is 0.119 e. The summed E-state index contributed by atoms with van der Waals surface area (Å²) in [5, 5.41) is 0. The number of hydrogen-bond acceptors (Lipinski definition) is 1. The van der Waals surface area contributed by atoms with E-state index in [-0.39, 0.29) is 28.3 Å². The van der Waals surface area contributed by atoms with Crippen molar-refractivity contribution in [2.24, 2.45) is 0 Å². The normalized spacial score (nSPS) is 20.1. The third-order valence-electron chi connectivity index (χ3n) is 0.727. The Balaban J connectivity index is 3.24. The number of ether oxygens (including phenoxy) is 1. The molecule has 0 aliphatic heterocycles. The molecule has 0 atom stereocenters. The second-order valence-corrected chi connectivity index (χ2v) is 2.10. The van der Waals surface area contributed by atoms with E-state index in [9.17, 15) is 0 Å². The van der Waals surface area contributed by atoms with E-state index in [2.05, 4.69) is 20.7 Å². The summed E-state index contributed by atoms with van der Waals surface area (Å²) in [7, 11) is -2.70. The lowest BCUT2D eigenvalue weighted by molar-refractivity contribution is 0.414. The van der Waals surface area contributed by atoms with Gasteiger partial charge in [-0.3, -0.25) is 0 Å². The quantitative estimate of drug-likeness (QED) is 0.665. The summed E-state index contributed by atoms with van der Waals surface area (Å²) in [5.74, 6) is -0.349. The number of benzene rings is 1. The molecule has 0 aromatic heterocycles. The lowest BCUT2D eigenvalue weighted by Gasteiger charge is -1.96. The van der Waals surface area contributed by atoms with Crippen LogP contribution in [0.4, 0.5) is 0 Å². The molecule has 2 heteroatoms. The van der Waals surface area contributed by atoms with Crippen LogP contribution in [0.1, 0.15) is 8.22 Å². The molecule has 1 aromatic rings. The molecule has 0 bridgehead atoms. The summed E-state index contributed by atoms with van der Waals surface area (Å²) in [6, 6.07) is 0.472. The lowest BCUT2D eigenvalue weighted by atomic mass is 10.3. The summed E-state index contributed by atoms with van der Waals surface area (Å²) in [5.41, 5.74) is 0. The van der Waals surface area contributed by atoms with Crippen LogP contribution >= 0.6 is 15.9 Å². The first kappa shape index (κ1) is 2.27. The van der Waals surface area contributed by atoms with Crippen molar-refractivity contribution >= 4 is 15.9 Å². The van der Waals surface area contributed by atoms with Gasteiger partial charge in [0, 0.05) is 4.47 Å². The summed E-state index contributed by atoms with van der Waals surface area (Å²) >= 11 is 2.95. The van der Waals surface area contributed by atoms with E-state index in [4.69, 9.17) is 8.22 Å². The number of rotatable bonds is 1. The average molecular weight is 193 g/mol. The molecule has 0 radical (unpaired) electrons. The first-order valence-electron chi connectivity index (χ1n) is 5.17. The Bertz CT molecular complexity index is 388. The molecule has 0 unspecified atom stereocenters. The molecular weight excluding hydrogens is 180 g/mol. The Labute approximate surface area is 71.2 Å². The highest BCUT2D eigenvalue weighted by Crippen LogP contribution is 2.16. The first-order chi connectivity index (χ1) is 6.72. The minimum absolute atomic E-state index is 0.0529. The summed E-state index contributed by atoms with van der Waals surface area (Å²) in [6.45, 7) is 0. The summed E-state index contributed by atoms with van der Waals surface area (Å²) in [6.07, 6.45) is 0. The minimum atomic E-state index is -2.70. The molecule has 0 aliphatic rings. The van der Waals surface area contributed by atoms with E-state index in [1.807, 2.05) is 0 Å². The number of methoxy groups -OCH3 is 1. The van der Waals surface area contributed by atoms with Crippen molar-refractivity contribution in [2.45, 2.75) is 0 Å². The topological polar surface area (TPSA) is 9.23 Å². The SMILES string of the molecule is [2H]c1cc([2H])c(OC([2H])([2H])[2H])c([2H])c1Br. The van der Waals surface area contributed by atoms with Gasteiger partial charge in [0.05, 0.1) is 15.3 Å². The standard InChI is InChI=1S/C7H7BrO/c1-9-7-4-2-3-6(8)5-7/h2-5H,1H3/i1D3,3D,4D,5D. The van der Waals surface area contributed by atoms with Crippen molar-refractivity contribution < 1.29 is 13.0 Å². The van der Waals surface area contributed by atoms with E-state index < -0.39 is 7.04 Å². The molecule has 1 rings (SSSR count). The van der Waals surface area contributed by atoms with Gasteiger partial charge < -0.3 is 4.74 Å². The highest BCUT2D eigenvalue weighted by molar-refractivity contribution is 9.10. The molecular formula is C7H7BrO. The summed E-state index contributed by atoms with van der Waals surface area (Å²) in [4.78, 5) is 0. The van der Waals surface area contributed by atoms with Gasteiger partial charge in [-0.15, -0.1) is 0 Å². The van der Waals surface area contributed by atoms with Crippen LogP contribution in [0, 0.1) is 0 Å². The molecule has 0 saturated carbocycles. The van der Waals surface area contributed by atoms with Gasteiger partial charge in [-0.2, -0.15) is 0 Å². The lowest BCUT2D eigenvalue weighted by Crippen LogP contribution is -1.79. The Morgan fingerprint density at radius 2 is 2.67 bits per heavy atom. The predicted octanol–water partition coefficient (Wildman–Crippen LogP) is 2.46. The van der Waals surface area contributed by atoms with Crippen molar-refractivity contribution in [3.8, 4) is 5.75 Å². The fourth-order valence-electron chi connectivity index (χ4n) is 0.392. The van der Waals surface area contributed by atoms with Gasteiger partial charge in [-0.05, 0) is 18.1 Å². The van der Waals surface area contributed by atoms with Crippen LogP contribution in [-0.4, -0.2) is 7.04 Å². The van der Waals surface area contributed by atoms with Crippen molar-refractivity contribution in [1.82, 2.24) is 0 Å². The maximum Gasteiger partial charge on any atom is 0.119 e. The Hall–Kier alpha value is -0.500. The molecule has 0 heterocycles. The second-order valence-electron chi connectivity index (χ2n) is 1.30. The van der Waals surface area contributed by atoms with E-state index in [0.29, 0.717) is 0 Å².